The Bertz CT molecular complexity index is 776. The smallest absolute Gasteiger partial charge is 0.256 e. The monoisotopic (exact) mass is 373 g/mol. The molecule has 1 N–H and O–H groups in total. The molecule has 0 aliphatic carbocycles. The highest BCUT2D eigenvalue weighted by Gasteiger charge is 2.42. The van der Waals surface area contributed by atoms with Gasteiger partial charge in [-0.3, -0.25) is 9.69 Å². The van der Waals surface area contributed by atoms with Gasteiger partial charge in [0.25, 0.3) is 5.91 Å². The molecule has 1 fully saturated rings. The highest BCUT2D eigenvalue weighted by atomic mass is 32.1. The number of aryl methyl sites for hydroxylation is 2. The van der Waals surface area contributed by atoms with Gasteiger partial charge in [-0.25, -0.2) is 4.98 Å². The number of amides is 1. The van der Waals surface area contributed by atoms with Crippen molar-refractivity contribution >= 4 is 17.2 Å². The third-order valence-electron chi connectivity index (χ3n) is 4.76. The Balaban J connectivity index is 1.65. The lowest BCUT2D eigenvalue weighted by Gasteiger charge is -2.40. The molecule has 1 saturated heterocycles. The van der Waals surface area contributed by atoms with Gasteiger partial charge in [0, 0.05) is 30.7 Å². The van der Waals surface area contributed by atoms with E-state index in [0.29, 0.717) is 32.6 Å². The zero-order valence-corrected chi connectivity index (χ0v) is 16.6. The minimum atomic E-state index is -1.32. The van der Waals surface area contributed by atoms with E-state index in [1.807, 2.05) is 49.4 Å². The number of aromatic nitrogens is 1. The van der Waals surface area contributed by atoms with Crippen LogP contribution in [0.5, 0.6) is 0 Å². The fourth-order valence-electron chi connectivity index (χ4n) is 3.60. The second-order valence-corrected chi connectivity index (χ2v) is 8.35. The van der Waals surface area contributed by atoms with Gasteiger partial charge in [-0.05, 0) is 39.3 Å². The van der Waals surface area contributed by atoms with Gasteiger partial charge in [-0.1, -0.05) is 29.8 Å². The van der Waals surface area contributed by atoms with Crippen molar-refractivity contribution in [2.24, 2.45) is 0 Å². The van der Waals surface area contributed by atoms with Crippen LogP contribution in [-0.2, 0) is 17.9 Å². The van der Waals surface area contributed by atoms with E-state index in [4.69, 9.17) is 0 Å². The summed E-state index contributed by atoms with van der Waals surface area (Å²) < 4.78 is 0. The largest absolute Gasteiger partial charge is 0.379 e. The molecule has 1 aromatic carbocycles. The first-order chi connectivity index (χ1) is 12.4. The van der Waals surface area contributed by atoms with Gasteiger partial charge in [0.1, 0.15) is 5.01 Å². The summed E-state index contributed by atoms with van der Waals surface area (Å²) in [7, 11) is 1.93. The maximum Gasteiger partial charge on any atom is 0.256 e. The van der Waals surface area contributed by atoms with Crippen LogP contribution in [0.1, 0.15) is 34.7 Å². The number of hydrogen-bond donors (Lipinski definition) is 1. The predicted octanol–water partition coefficient (Wildman–Crippen LogP) is 2.75. The van der Waals surface area contributed by atoms with Gasteiger partial charge < -0.3 is 10.0 Å². The van der Waals surface area contributed by atoms with Crippen LogP contribution in [0.3, 0.4) is 0 Å². The molecule has 1 aromatic heterocycles. The van der Waals surface area contributed by atoms with E-state index in [-0.39, 0.29) is 5.91 Å². The Morgan fingerprint density at radius 1 is 1.38 bits per heavy atom. The summed E-state index contributed by atoms with van der Waals surface area (Å²) in [4.78, 5) is 21.2. The highest BCUT2D eigenvalue weighted by molar-refractivity contribution is 7.09. The van der Waals surface area contributed by atoms with E-state index in [9.17, 15) is 9.90 Å². The van der Waals surface area contributed by atoms with Crippen molar-refractivity contribution in [3.8, 4) is 0 Å². The van der Waals surface area contributed by atoms with Gasteiger partial charge in [0.15, 0.2) is 5.60 Å². The van der Waals surface area contributed by atoms with Crippen LogP contribution in [0.4, 0.5) is 0 Å². The highest BCUT2D eigenvalue weighted by Crippen LogP contribution is 2.26. The minimum absolute atomic E-state index is 0.160. The molecule has 5 nitrogen and oxygen atoms in total. The average Bonchev–Trinajstić information content (AvgIpc) is 2.97. The topological polar surface area (TPSA) is 56.7 Å². The minimum Gasteiger partial charge on any atom is -0.379 e. The Morgan fingerprint density at radius 3 is 2.88 bits per heavy atom. The van der Waals surface area contributed by atoms with Crippen LogP contribution < -0.4 is 0 Å². The number of rotatable bonds is 6. The van der Waals surface area contributed by atoms with Crippen molar-refractivity contribution in [3.63, 3.8) is 0 Å². The molecule has 6 heteroatoms. The number of piperidine rings is 1. The Morgan fingerprint density at radius 2 is 2.19 bits per heavy atom. The number of nitrogens with zero attached hydrogens (tertiary/aromatic N) is 3. The van der Waals surface area contributed by atoms with E-state index >= 15 is 0 Å². The molecule has 1 aliphatic heterocycles. The summed E-state index contributed by atoms with van der Waals surface area (Å²) in [6.45, 7) is 6.25. The summed E-state index contributed by atoms with van der Waals surface area (Å²) >= 11 is 1.61. The lowest BCUT2D eigenvalue weighted by Crippen LogP contribution is -2.57. The molecule has 0 bridgehead atoms. The molecule has 1 aliphatic rings. The van der Waals surface area contributed by atoms with Crippen LogP contribution in [0.15, 0.2) is 29.6 Å². The third kappa shape index (κ3) is 4.50. The summed E-state index contributed by atoms with van der Waals surface area (Å²) in [6.07, 6.45) is 1.33. The summed E-state index contributed by atoms with van der Waals surface area (Å²) in [5.74, 6) is -0.160. The van der Waals surface area contributed by atoms with Crippen LogP contribution in [-0.4, -0.2) is 51.5 Å². The van der Waals surface area contributed by atoms with E-state index in [2.05, 4.69) is 11.1 Å². The first kappa shape index (κ1) is 19.0. The van der Waals surface area contributed by atoms with E-state index in [1.54, 1.807) is 16.2 Å². The number of likely N-dealkylation sites (tertiary alicyclic amines) is 1. The van der Waals surface area contributed by atoms with Crippen molar-refractivity contribution in [3.05, 3.63) is 51.5 Å². The predicted molar refractivity (Wildman–Crippen MR) is 104 cm³/mol. The van der Waals surface area contributed by atoms with Gasteiger partial charge in [0.05, 0.1) is 6.54 Å². The number of carbonyl (C=O) groups excluding carboxylic acids is 1. The summed E-state index contributed by atoms with van der Waals surface area (Å²) in [5.41, 5.74) is 1.98. The molecule has 1 amide bonds. The van der Waals surface area contributed by atoms with Gasteiger partial charge in [-0.15, -0.1) is 11.3 Å². The van der Waals surface area contributed by atoms with Crippen molar-refractivity contribution in [1.29, 1.82) is 0 Å². The SMILES string of the molecule is Cc1cccc(CN2CCC[C@@](O)(CN(C)Cc3nc(C)cs3)C2=O)c1. The van der Waals surface area contributed by atoms with Crippen LogP contribution >= 0.6 is 11.3 Å². The quantitative estimate of drug-likeness (QED) is 0.846. The first-order valence-electron chi connectivity index (χ1n) is 9.02. The van der Waals surface area contributed by atoms with Crippen LogP contribution in [0.2, 0.25) is 0 Å². The van der Waals surface area contributed by atoms with Crippen molar-refractivity contribution in [1.82, 2.24) is 14.8 Å². The van der Waals surface area contributed by atoms with Crippen molar-refractivity contribution in [2.75, 3.05) is 20.1 Å². The lowest BCUT2D eigenvalue weighted by molar-refractivity contribution is -0.160. The molecular weight excluding hydrogens is 346 g/mol. The van der Waals surface area contributed by atoms with E-state index in [0.717, 1.165) is 22.7 Å². The van der Waals surface area contributed by atoms with Crippen LogP contribution in [0.25, 0.3) is 0 Å². The van der Waals surface area contributed by atoms with Crippen molar-refractivity contribution in [2.45, 2.75) is 45.4 Å². The molecule has 2 aromatic rings. The molecular formula is C20H27N3O2S. The zero-order chi connectivity index (χ0) is 18.7. The maximum absolute atomic E-state index is 13.0. The number of carbonyl (C=O) groups is 1. The van der Waals surface area contributed by atoms with Gasteiger partial charge in [-0.2, -0.15) is 0 Å². The van der Waals surface area contributed by atoms with Gasteiger partial charge >= 0.3 is 0 Å². The first-order valence-corrected chi connectivity index (χ1v) is 9.90. The molecule has 1 atom stereocenters. The standard InChI is InChI=1S/C20H27N3O2S/c1-15-6-4-7-17(10-15)11-23-9-5-8-20(25,19(23)24)14-22(3)12-18-21-16(2)13-26-18/h4,6-7,10,13,25H,5,8-9,11-12,14H2,1-3H3/t20-/m1/s1. The molecule has 2 heterocycles. The molecule has 26 heavy (non-hydrogen) atoms. The Labute approximate surface area is 159 Å². The molecule has 0 saturated carbocycles. The normalized spacial score (nSPS) is 20.8. The maximum atomic E-state index is 13.0. The molecule has 140 valence electrons. The fraction of sp³-hybridized carbons (Fsp3) is 0.500. The molecule has 0 radical (unpaired) electrons. The Hall–Kier alpha value is -1.76. The molecule has 3 rings (SSSR count). The van der Waals surface area contributed by atoms with Crippen molar-refractivity contribution < 1.29 is 9.90 Å². The number of likely N-dealkylation sites (N-methyl/N-ethyl adjacent to an activating group) is 1. The summed E-state index contributed by atoms with van der Waals surface area (Å²) in [6, 6.07) is 8.19. The number of benzene rings is 1. The lowest BCUT2D eigenvalue weighted by atomic mass is 9.90. The third-order valence-corrected chi connectivity index (χ3v) is 5.71. The Kier molecular flexibility index (Phi) is 5.75. The molecule has 0 spiro atoms. The number of thiazole rings is 1. The second-order valence-electron chi connectivity index (χ2n) is 7.41. The van der Waals surface area contributed by atoms with Gasteiger partial charge in [0.2, 0.25) is 0 Å². The molecule has 0 unspecified atom stereocenters. The van der Waals surface area contributed by atoms with E-state index in [1.165, 1.54) is 5.56 Å². The fourth-order valence-corrected chi connectivity index (χ4v) is 4.45. The number of aliphatic hydroxyl groups is 1. The second kappa shape index (κ2) is 7.86. The number of hydrogen-bond acceptors (Lipinski definition) is 5. The zero-order valence-electron chi connectivity index (χ0n) is 15.7. The summed E-state index contributed by atoms with van der Waals surface area (Å²) in [5, 5.41) is 14.1. The average molecular weight is 374 g/mol. The van der Waals surface area contributed by atoms with E-state index < -0.39 is 5.60 Å². The van der Waals surface area contributed by atoms with Crippen LogP contribution in [0, 0.1) is 13.8 Å².